The van der Waals surface area contributed by atoms with Gasteiger partial charge in [0.2, 0.25) is 5.75 Å². The van der Waals surface area contributed by atoms with E-state index in [1.165, 1.54) is 12.1 Å². The number of nitrogens with zero attached hydrogens (tertiary/aromatic N) is 1. The van der Waals surface area contributed by atoms with Crippen LogP contribution >= 0.6 is 12.4 Å². The molecule has 6 nitrogen and oxygen atoms in total. The minimum atomic E-state index is -0.749. The van der Waals surface area contributed by atoms with Gasteiger partial charge in [0, 0.05) is 12.1 Å². The van der Waals surface area contributed by atoms with Gasteiger partial charge in [-0.3, -0.25) is 10.1 Å². The molecule has 1 rings (SSSR count). The summed E-state index contributed by atoms with van der Waals surface area (Å²) in [7, 11) is 0. The lowest BCUT2D eigenvalue weighted by Gasteiger charge is -2.14. The summed E-state index contributed by atoms with van der Waals surface area (Å²) in [5.41, 5.74) is 5.79. The zero-order valence-corrected chi connectivity index (χ0v) is 11.0. The Labute approximate surface area is 111 Å². The molecule has 1 aromatic carbocycles. The lowest BCUT2D eigenvalue weighted by atomic mass is 9.97. The van der Waals surface area contributed by atoms with Crippen LogP contribution in [-0.4, -0.2) is 15.1 Å². The highest BCUT2D eigenvalue weighted by molar-refractivity contribution is 5.85. The molecular formula is C11H17ClN2O4. The van der Waals surface area contributed by atoms with E-state index in [2.05, 4.69) is 0 Å². The van der Waals surface area contributed by atoms with Gasteiger partial charge in [0.25, 0.3) is 0 Å². The van der Waals surface area contributed by atoms with Crippen molar-refractivity contribution in [1.29, 1.82) is 0 Å². The molecule has 1 atom stereocenters. The first kappa shape index (κ1) is 16.5. The van der Waals surface area contributed by atoms with E-state index in [0.29, 0.717) is 17.9 Å². The van der Waals surface area contributed by atoms with Crippen molar-refractivity contribution < 1.29 is 15.1 Å². The Morgan fingerprint density at radius 2 is 1.94 bits per heavy atom. The van der Waals surface area contributed by atoms with Crippen LogP contribution in [0.4, 0.5) is 5.69 Å². The summed E-state index contributed by atoms with van der Waals surface area (Å²) in [4.78, 5) is 9.92. The van der Waals surface area contributed by atoms with Crippen LogP contribution in [0.15, 0.2) is 12.1 Å². The van der Waals surface area contributed by atoms with Gasteiger partial charge in [-0.1, -0.05) is 13.8 Å². The van der Waals surface area contributed by atoms with Crippen LogP contribution in [0.3, 0.4) is 0 Å². The number of phenols is 2. The maximum atomic E-state index is 10.7. The minimum Gasteiger partial charge on any atom is -0.504 e. The SMILES string of the molecule is CC(C)C[C@H](N)c1cc(O)c(O)c([N+](=O)[O-])c1.Cl. The molecule has 0 radical (unpaired) electrons. The zero-order chi connectivity index (χ0) is 13.2. The average Bonchev–Trinajstić information content (AvgIpc) is 2.20. The molecule has 0 aliphatic rings. The summed E-state index contributed by atoms with van der Waals surface area (Å²) in [6.07, 6.45) is 0.640. The number of rotatable bonds is 4. The van der Waals surface area contributed by atoms with Crippen LogP contribution in [0.5, 0.6) is 11.5 Å². The summed E-state index contributed by atoms with van der Waals surface area (Å²) in [5, 5.41) is 29.4. The number of aromatic hydroxyl groups is 2. The minimum absolute atomic E-state index is 0. The average molecular weight is 277 g/mol. The van der Waals surface area contributed by atoms with E-state index >= 15 is 0 Å². The van der Waals surface area contributed by atoms with Gasteiger partial charge in [0.1, 0.15) is 0 Å². The molecule has 0 spiro atoms. The molecule has 0 aliphatic heterocycles. The number of halogens is 1. The molecule has 0 aromatic heterocycles. The number of benzene rings is 1. The molecular weight excluding hydrogens is 260 g/mol. The van der Waals surface area contributed by atoms with Gasteiger partial charge in [0.05, 0.1) is 4.92 Å². The molecule has 0 fully saturated rings. The molecule has 0 amide bonds. The van der Waals surface area contributed by atoms with Gasteiger partial charge < -0.3 is 15.9 Å². The predicted molar refractivity (Wildman–Crippen MR) is 70.1 cm³/mol. The first-order valence-electron chi connectivity index (χ1n) is 5.28. The van der Waals surface area contributed by atoms with Crippen LogP contribution in [-0.2, 0) is 0 Å². The largest absolute Gasteiger partial charge is 0.504 e. The highest BCUT2D eigenvalue weighted by atomic mass is 35.5. The van der Waals surface area contributed by atoms with E-state index in [0.717, 1.165) is 0 Å². The molecule has 102 valence electrons. The smallest absolute Gasteiger partial charge is 0.314 e. The first-order chi connectivity index (χ1) is 7.82. The Morgan fingerprint density at radius 3 is 2.39 bits per heavy atom. The molecule has 0 unspecified atom stereocenters. The lowest BCUT2D eigenvalue weighted by Crippen LogP contribution is -2.13. The molecule has 0 aliphatic carbocycles. The Balaban J connectivity index is 0.00000289. The molecule has 0 saturated carbocycles. The second-order valence-corrected chi connectivity index (χ2v) is 4.40. The highest BCUT2D eigenvalue weighted by Crippen LogP contribution is 2.38. The normalized spacial score (nSPS) is 12.0. The number of hydrogen-bond acceptors (Lipinski definition) is 5. The molecule has 18 heavy (non-hydrogen) atoms. The molecule has 0 bridgehead atoms. The van der Waals surface area contributed by atoms with Gasteiger partial charge in [-0.15, -0.1) is 12.4 Å². The molecule has 0 saturated heterocycles. The fourth-order valence-corrected chi connectivity index (χ4v) is 1.62. The van der Waals surface area contributed by atoms with E-state index in [-0.39, 0.29) is 12.4 Å². The fraction of sp³-hybridized carbons (Fsp3) is 0.455. The topological polar surface area (TPSA) is 110 Å². The number of nitrogens with two attached hydrogens (primary N) is 1. The quantitative estimate of drug-likeness (QED) is 0.444. The number of nitro groups is 1. The Kier molecular flexibility index (Phi) is 5.87. The van der Waals surface area contributed by atoms with Crippen molar-refractivity contribution >= 4 is 18.1 Å². The maximum absolute atomic E-state index is 10.7. The second kappa shape index (κ2) is 6.42. The van der Waals surface area contributed by atoms with Gasteiger partial charge in [-0.25, -0.2) is 0 Å². The van der Waals surface area contributed by atoms with E-state index < -0.39 is 28.2 Å². The molecule has 7 heteroatoms. The van der Waals surface area contributed by atoms with Gasteiger partial charge in [0.15, 0.2) is 5.75 Å². The standard InChI is InChI=1S/C11H16N2O4.ClH/c1-6(2)3-8(12)7-4-9(13(16)17)11(15)10(14)5-7;/h4-6,8,14-15H,3,12H2,1-2H3;1H/t8-;/m0./s1. The van der Waals surface area contributed by atoms with Crippen molar-refractivity contribution in [2.24, 2.45) is 11.7 Å². The van der Waals surface area contributed by atoms with E-state index in [9.17, 15) is 20.3 Å². The third kappa shape index (κ3) is 3.75. The predicted octanol–water partition coefficient (Wildman–Crippen LogP) is 2.47. The van der Waals surface area contributed by atoms with Crippen LogP contribution in [0, 0.1) is 16.0 Å². The summed E-state index contributed by atoms with van der Waals surface area (Å²) in [6.45, 7) is 3.96. The van der Waals surface area contributed by atoms with Crippen LogP contribution in [0.25, 0.3) is 0 Å². The Hall–Kier alpha value is -1.53. The third-order valence-electron chi connectivity index (χ3n) is 2.44. The van der Waals surface area contributed by atoms with E-state index in [4.69, 9.17) is 5.73 Å². The number of nitro benzene ring substituents is 1. The summed E-state index contributed by atoms with van der Waals surface area (Å²) >= 11 is 0. The van der Waals surface area contributed by atoms with Gasteiger partial charge >= 0.3 is 5.69 Å². The highest BCUT2D eigenvalue weighted by Gasteiger charge is 2.21. The lowest BCUT2D eigenvalue weighted by molar-refractivity contribution is -0.386. The van der Waals surface area contributed by atoms with Crippen molar-refractivity contribution in [2.45, 2.75) is 26.3 Å². The fourth-order valence-electron chi connectivity index (χ4n) is 1.62. The van der Waals surface area contributed by atoms with E-state index in [1.807, 2.05) is 13.8 Å². The Bertz CT molecular complexity index is 437. The van der Waals surface area contributed by atoms with Gasteiger partial charge in [-0.2, -0.15) is 0 Å². The number of phenolic OH excluding ortho intramolecular Hbond substituents is 2. The summed E-state index contributed by atoms with van der Waals surface area (Å²) in [5.74, 6) is -0.913. The second-order valence-electron chi connectivity index (χ2n) is 4.40. The third-order valence-corrected chi connectivity index (χ3v) is 2.44. The molecule has 4 N–H and O–H groups in total. The van der Waals surface area contributed by atoms with Crippen molar-refractivity contribution in [1.82, 2.24) is 0 Å². The monoisotopic (exact) mass is 276 g/mol. The summed E-state index contributed by atoms with van der Waals surface area (Å²) in [6, 6.07) is 2.05. The van der Waals surface area contributed by atoms with E-state index in [1.54, 1.807) is 0 Å². The molecule has 1 aromatic rings. The maximum Gasteiger partial charge on any atom is 0.314 e. The van der Waals surface area contributed by atoms with Crippen molar-refractivity contribution in [3.05, 3.63) is 27.8 Å². The van der Waals surface area contributed by atoms with Crippen molar-refractivity contribution in [3.63, 3.8) is 0 Å². The van der Waals surface area contributed by atoms with Crippen molar-refractivity contribution in [3.8, 4) is 11.5 Å². The van der Waals surface area contributed by atoms with Crippen LogP contribution < -0.4 is 5.73 Å². The van der Waals surface area contributed by atoms with Crippen LogP contribution in [0.1, 0.15) is 31.9 Å². The zero-order valence-electron chi connectivity index (χ0n) is 10.2. The van der Waals surface area contributed by atoms with Gasteiger partial charge in [-0.05, 0) is 24.0 Å². The number of hydrogen-bond donors (Lipinski definition) is 3. The Morgan fingerprint density at radius 1 is 1.39 bits per heavy atom. The first-order valence-corrected chi connectivity index (χ1v) is 5.28. The molecule has 0 heterocycles. The van der Waals surface area contributed by atoms with Crippen molar-refractivity contribution in [2.75, 3.05) is 0 Å². The van der Waals surface area contributed by atoms with Crippen LogP contribution in [0.2, 0.25) is 0 Å². The summed E-state index contributed by atoms with van der Waals surface area (Å²) < 4.78 is 0.